The van der Waals surface area contributed by atoms with Gasteiger partial charge in [0.2, 0.25) is 5.91 Å². The van der Waals surface area contributed by atoms with Crippen LogP contribution in [0.3, 0.4) is 0 Å². The summed E-state index contributed by atoms with van der Waals surface area (Å²) >= 11 is 0. The highest BCUT2D eigenvalue weighted by atomic mass is 16.7. The molecule has 4 heteroatoms. The Morgan fingerprint density at radius 3 is 2.62 bits per heavy atom. The highest BCUT2D eigenvalue weighted by molar-refractivity contribution is 5.77. The predicted octanol–water partition coefficient (Wildman–Crippen LogP) is 0.418. The van der Waals surface area contributed by atoms with Crippen LogP contribution in [0, 0.1) is 0 Å². The number of rotatable bonds is 3. The highest BCUT2D eigenvalue weighted by Crippen LogP contribution is 2.34. The second kappa shape index (κ2) is 3.27. The molecule has 74 valence electrons. The molecular formula is C9H15NO3. The smallest absolute Gasteiger partial charge is 0.225 e. The first kappa shape index (κ1) is 8.97. The number of nitrogens with one attached hydrogen (secondary N) is 1. The number of ether oxygens (including phenoxy) is 2. The summed E-state index contributed by atoms with van der Waals surface area (Å²) in [7, 11) is 0. The topological polar surface area (TPSA) is 47.6 Å². The van der Waals surface area contributed by atoms with Crippen LogP contribution in [-0.2, 0) is 14.3 Å². The highest BCUT2D eigenvalue weighted by Gasteiger charge is 2.39. The van der Waals surface area contributed by atoms with E-state index in [-0.39, 0.29) is 17.7 Å². The fourth-order valence-corrected chi connectivity index (χ4v) is 1.38. The van der Waals surface area contributed by atoms with E-state index in [0.29, 0.717) is 19.6 Å². The van der Waals surface area contributed by atoms with Gasteiger partial charge in [0, 0.05) is 5.54 Å². The predicted molar refractivity (Wildman–Crippen MR) is 46.1 cm³/mol. The summed E-state index contributed by atoms with van der Waals surface area (Å²) < 4.78 is 10.4. The number of hydrogen-bond acceptors (Lipinski definition) is 3. The molecule has 1 saturated heterocycles. The minimum atomic E-state index is -0.317. The maximum atomic E-state index is 11.4. The second-order valence-electron chi connectivity index (χ2n) is 3.98. The van der Waals surface area contributed by atoms with Crippen molar-refractivity contribution in [2.45, 2.75) is 38.0 Å². The zero-order valence-corrected chi connectivity index (χ0v) is 7.84. The van der Waals surface area contributed by atoms with E-state index in [2.05, 4.69) is 12.2 Å². The summed E-state index contributed by atoms with van der Waals surface area (Å²) in [5.74, 6) is 0.0342. The number of amides is 1. The van der Waals surface area contributed by atoms with Crippen LogP contribution >= 0.6 is 0 Å². The molecule has 1 aliphatic heterocycles. The molecule has 1 heterocycles. The summed E-state index contributed by atoms with van der Waals surface area (Å²) in [6, 6.07) is 0. The number of carbonyl (C=O) groups excluding carboxylic acids is 1. The largest absolute Gasteiger partial charge is 0.351 e. The van der Waals surface area contributed by atoms with Crippen LogP contribution in [0.15, 0.2) is 0 Å². The van der Waals surface area contributed by atoms with Crippen molar-refractivity contribution in [2.24, 2.45) is 0 Å². The van der Waals surface area contributed by atoms with Crippen LogP contribution in [0.4, 0.5) is 0 Å². The standard InChI is InChI=1S/C9H15NO3/c1-9(2-3-9)10-7(11)6-8-12-4-5-13-8/h8H,2-6H2,1H3,(H,10,11). The maximum absolute atomic E-state index is 11.4. The van der Waals surface area contributed by atoms with Gasteiger partial charge in [0.05, 0.1) is 19.6 Å². The molecule has 0 bridgehead atoms. The average Bonchev–Trinajstić information content (AvgIpc) is 2.61. The van der Waals surface area contributed by atoms with Crippen LogP contribution in [0.5, 0.6) is 0 Å². The molecule has 1 saturated carbocycles. The van der Waals surface area contributed by atoms with Gasteiger partial charge in [0.1, 0.15) is 0 Å². The molecule has 2 aliphatic rings. The Kier molecular flexibility index (Phi) is 2.26. The molecule has 2 rings (SSSR count). The molecule has 0 spiro atoms. The fraction of sp³-hybridized carbons (Fsp3) is 0.889. The molecule has 4 nitrogen and oxygen atoms in total. The lowest BCUT2D eigenvalue weighted by molar-refractivity contribution is -0.130. The minimum Gasteiger partial charge on any atom is -0.351 e. The van der Waals surface area contributed by atoms with E-state index >= 15 is 0 Å². The summed E-state index contributed by atoms with van der Waals surface area (Å²) in [5, 5.41) is 2.96. The molecule has 0 unspecified atom stereocenters. The van der Waals surface area contributed by atoms with E-state index in [1.807, 2.05) is 0 Å². The van der Waals surface area contributed by atoms with E-state index in [0.717, 1.165) is 12.8 Å². The third kappa shape index (κ3) is 2.42. The van der Waals surface area contributed by atoms with E-state index in [4.69, 9.17) is 9.47 Å². The Bertz CT molecular complexity index is 207. The molecule has 2 fully saturated rings. The van der Waals surface area contributed by atoms with Gasteiger partial charge in [-0.05, 0) is 19.8 Å². The van der Waals surface area contributed by atoms with Gasteiger partial charge in [-0.2, -0.15) is 0 Å². The van der Waals surface area contributed by atoms with Crippen molar-refractivity contribution >= 4 is 5.91 Å². The van der Waals surface area contributed by atoms with Crippen molar-refractivity contribution < 1.29 is 14.3 Å². The summed E-state index contributed by atoms with van der Waals surface area (Å²) in [4.78, 5) is 11.4. The van der Waals surface area contributed by atoms with E-state index < -0.39 is 0 Å². The van der Waals surface area contributed by atoms with Crippen molar-refractivity contribution in [1.29, 1.82) is 0 Å². The van der Waals surface area contributed by atoms with Gasteiger partial charge in [-0.25, -0.2) is 0 Å². The van der Waals surface area contributed by atoms with Crippen LogP contribution in [0.1, 0.15) is 26.2 Å². The van der Waals surface area contributed by atoms with Crippen molar-refractivity contribution in [2.75, 3.05) is 13.2 Å². The molecular weight excluding hydrogens is 170 g/mol. The molecule has 0 radical (unpaired) electrons. The van der Waals surface area contributed by atoms with Gasteiger partial charge in [0.25, 0.3) is 0 Å². The Labute approximate surface area is 77.6 Å². The van der Waals surface area contributed by atoms with Gasteiger partial charge in [-0.1, -0.05) is 0 Å². The van der Waals surface area contributed by atoms with Crippen molar-refractivity contribution in [3.63, 3.8) is 0 Å². The second-order valence-corrected chi connectivity index (χ2v) is 3.98. The Morgan fingerprint density at radius 1 is 1.46 bits per heavy atom. The first-order valence-electron chi connectivity index (χ1n) is 4.72. The number of carbonyl (C=O) groups is 1. The third-order valence-electron chi connectivity index (χ3n) is 2.48. The lowest BCUT2D eigenvalue weighted by atomic mass is 10.3. The zero-order valence-electron chi connectivity index (χ0n) is 7.84. The van der Waals surface area contributed by atoms with Gasteiger partial charge in [-0.15, -0.1) is 0 Å². The fourth-order valence-electron chi connectivity index (χ4n) is 1.38. The number of hydrogen-bond donors (Lipinski definition) is 1. The van der Waals surface area contributed by atoms with Crippen molar-refractivity contribution in [1.82, 2.24) is 5.32 Å². The van der Waals surface area contributed by atoms with Crippen molar-refractivity contribution in [3.8, 4) is 0 Å². The zero-order chi connectivity index (χ0) is 9.31. The molecule has 1 aliphatic carbocycles. The normalized spacial score (nSPS) is 25.9. The van der Waals surface area contributed by atoms with Crippen molar-refractivity contribution in [3.05, 3.63) is 0 Å². The SMILES string of the molecule is CC1(NC(=O)CC2OCCO2)CC1. The Hall–Kier alpha value is -0.610. The van der Waals surface area contributed by atoms with Gasteiger partial charge < -0.3 is 14.8 Å². The molecule has 1 amide bonds. The summed E-state index contributed by atoms with van der Waals surface area (Å²) in [6.07, 6.45) is 2.19. The first-order chi connectivity index (χ1) is 6.18. The van der Waals surface area contributed by atoms with Gasteiger partial charge >= 0.3 is 0 Å². The summed E-state index contributed by atoms with van der Waals surface area (Å²) in [5.41, 5.74) is 0.0652. The van der Waals surface area contributed by atoms with E-state index in [1.165, 1.54) is 0 Å². The molecule has 0 aromatic heterocycles. The van der Waals surface area contributed by atoms with Crippen LogP contribution < -0.4 is 5.32 Å². The average molecular weight is 185 g/mol. The van der Waals surface area contributed by atoms with E-state index in [9.17, 15) is 4.79 Å². The molecule has 0 aromatic rings. The van der Waals surface area contributed by atoms with Crippen LogP contribution in [0.25, 0.3) is 0 Å². The molecule has 1 N–H and O–H groups in total. The first-order valence-corrected chi connectivity index (χ1v) is 4.72. The quantitative estimate of drug-likeness (QED) is 0.693. The summed E-state index contributed by atoms with van der Waals surface area (Å²) in [6.45, 7) is 3.27. The van der Waals surface area contributed by atoms with Gasteiger partial charge in [0.15, 0.2) is 6.29 Å². The molecule has 0 aromatic carbocycles. The van der Waals surface area contributed by atoms with Gasteiger partial charge in [-0.3, -0.25) is 4.79 Å². The van der Waals surface area contributed by atoms with Crippen LogP contribution in [0.2, 0.25) is 0 Å². The molecule has 13 heavy (non-hydrogen) atoms. The third-order valence-corrected chi connectivity index (χ3v) is 2.48. The van der Waals surface area contributed by atoms with Crippen LogP contribution in [-0.4, -0.2) is 30.9 Å². The minimum absolute atomic E-state index is 0.0342. The Balaban J connectivity index is 1.71. The lowest BCUT2D eigenvalue weighted by Gasteiger charge is -2.13. The molecule has 0 atom stereocenters. The monoisotopic (exact) mass is 185 g/mol. The maximum Gasteiger partial charge on any atom is 0.225 e. The lowest BCUT2D eigenvalue weighted by Crippen LogP contribution is -2.36. The Morgan fingerprint density at radius 2 is 2.08 bits per heavy atom. The van der Waals surface area contributed by atoms with E-state index in [1.54, 1.807) is 0 Å².